The Morgan fingerprint density at radius 3 is 2.62 bits per heavy atom. The van der Waals surface area contributed by atoms with E-state index in [0.29, 0.717) is 24.0 Å². The van der Waals surface area contributed by atoms with Gasteiger partial charge in [0.2, 0.25) is 0 Å². The average molecular weight is 491 g/mol. The van der Waals surface area contributed by atoms with Crippen molar-refractivity contribution in [3.05, 3.63) is 12.7 Å². The number of hydrogen-bond donors (Lipinski definition) is 5. The van der Waals surface area contributed by atoms with Crippen LogP contribution in [-0.2, 0) is 38.8 Å². The Balaban J connectivity index is 1.58. The molecule has 2 aromatic heterocycles. The fraction of sp³-hybridized carbons (Fsp3) is 0.500. The molecule has 3 heterocycles. The lowest BCUT2D eigenvalue weighted by molar-refractivity contribution is -0.0178. The fourth-order valence-electron chi connectivity index (χ4n) is 2.58. The van der Waals surface area contributed by atoms with Crippen molar-refractivity contribution in [1.82, 2.24) is 19.5 Å². The number of nitrogens with two attached hydrogens (primary N) is 1. The van der Waals surface area contributed by atoms with Gasteiger partial charge in [-0.2, -0.15) is 4.31 Å². The molecule has 0 aliphatic carbocycles. The molecule has 4 unspecified atom stereocenters. The highest BCUT2D eigenvalue weighted by atomic mass is 32.5. The van der Waals surface area contributed by atoms with Gasteiger partial charge in [0.25, 0.3) is 0 Å². The molecule has 0 spiro atoms. The molecule has 0 saturated carbocycles. The summed E-state index contributed by atoms with van der Waals surface area (Å²) in [6.45, 7) is -4.68. The Morgan fingerprint density at radius 1 is 1.21 bits per heavy atom. The standard InChI is InChI=1S/C10H16N5O10P3S/c11-9-8-10(13-4-12-9)15(5-14-8)7-2-1-6(23-7)3-22-28(21,29)25-27(19,20)24-26(16,17)18/h4-7H,1-3H2,(H,19,20)(H,21,29)(H2,11,12,13)(H2,16,17,18). The highest BCUT2D eigenvalue weighted by Crippen LogP contribution is 2.66. The Morgan fingerprint density at radius 2 is 1.93 bits per heavy atom. The molecule has 1 saturated heterocycles. The number of anilines is 1. The van der Waals surface area contributed by atoms with Gasteiger partial charge >= 0.3 is 22.4 Å². The van der Waals surface area contributed by atoms with Crippen molar-refractivity contribution in [2.45, 2.75) is 25.2 Å². The normalized spacial score (nSPS) is 24.4. The summed E-state index contributed by atoms with van der Waals surface area (Å²) in [5.74, 6) is 0.218. The number of phosphoric acid groups is 2. The molecule has 0 aromatic carbocycles. The second kappa shape index (κ2) is 8.35. The Kier molecular flexibility index (Phi) is 6.57. The van der Waals surface area contributed by atoms with Gasteiger partial charge < -0.3 is 34.6 Å². The number of fused-ring (bicyclic) bond motifs is 1. The first-order valence-corrected chi connectivity index (χ1v) is 13.3. The number of rotatable bonds is 8. The largest absolute Gasteiger partial charge is 0.488 e. The van der Waals surface area contributed by atoms with E-state index in [4.69, 9.17) is 24.8 Å². The summed E-state index contributed by atoms with van der Waals surface area (Å²) in [4.78, 5) is 48.3. The van der Waals surface area contributed by atoms with Crippen LogP contribution in [0.3, 0.4) is 0 Å². The molecule has 0 amide bonds. The van der Waals surface area contributed by atoms with Crippen molar-refractivity contribution >= 4 is 51.2 Å². The van der Waals surface area contributed by atoms with Crippen LogP contribution >= 0.6 is 22.4 Å². The quantitative estimate of drug-likeness (QED) is 0.318. The van der Waals surface area contributed by atoms with E-state index in [1.54, 1.807) is 4.57 Å². The third-order valence-corrected chi connectivity index (χ3v) is 8.34. The maximum Gasteiger partial charge on any atom is 0.488 e. The van der Waals surface area contributed by atoms with Crippen LogP contribution in [0.2, 0.25) is 0 Å². The van der Waals surface area contributed by atoms with Gasteiger partial charge in [0, 0.05) is 0 Å². The number of ether oxygens (including phenoxy) is 1. The molecule has 29 heavy (non-hydrogen) atoms. The molecular formula is C10H16N5O10P3S. The van der Waals surface area contributed by atoms with Crippen LogP contribution in [-0.4, -0.2) is 51.8 Å². The predicted octanol–water partition coefficient (Wildman–Crippen LogP) is 0.546. The van der Waals surface area contributed by atoms with Gasteiger partial charge in [-0.05, 0) is 24.6 Å². The lowest BCUT2D eigenvalue weighted by Crippen LogP contribution is -2.16. The van der Waals surface area contributed by atoms with Crippen molar-refractivity contribution in [1.29, 1.82) is 0 Å². The summed E-state index contributed by atoms with van der Waals surface area (Å²) >= 11 is 4.56. The van der Waals surface area contributed by atoms with Crippen molar-refractivity contribution in [3.63, 3.8) is 0 Å². The zero-order chi connectivity index (χ0) is 21.4. The SMILES string of the molecule is Nc1ncnc2c1ncn2C1CCC(COP(O)(=S)OP(=O)(O)OP(=O)(O)O)O1. The zero-order valence-corrected chi connectivity index (χ0v) is 17.8. The molecule has 1 aliphatic rings. The number of hydrogen-bond acceptors (Lipinski definition) is 11. The second-order valence-corrected chi connectivity index (χ2v) is 11.6. The van der Waals surface area contributed by atoms with Crippen LogP contribution in [0.15, 0.2) is 12.7 Å². The summed E-state index contributed by atoms with van der Waals surface area (Å²) in [6, 6.07) is 0. The minimum atomic E-state index is -5.36. The van der Waals surface area contributed by atoms with Gasteiger partial charge in [0.15, 0.2) is 11.5 Å². The highest BCUT2D eigenvalue weighted by molar-refractivity contribution is 8.08. The molecule has 4 atom stereocenters. The monoisotopic (exact) mass is 491 g/mol. The smallest absolute Gasteiger partial charge is 0.382 e. The van der Waals surface area contributed by atoms with Crippen LogP contribution in [0.4, 0.5) is 5.82 Å². The van der Waals surface area contributed by atoms with Gasteiger partial charge in [-0.15, -0.1) is 0 Å². The average Bonchev–Trinajstić information content (AvgIpc) is 3.16. The van der Waals surface area contributed by atoms with Crippen LogP contribution in [0, 0.1) is 0 Å². The van der Waals surface area contributed by atoms with Crippen LogP contribution in [0.1, 0.15) is 19.1 Å². The van der Waals surface area contributed by atoms with E-state index in [1.807, 2.05) is 0 Å². The van der Waals surface area contributed by atoms with Crippen molar-refractivity contribution in [2.75, 3.05) is 12.3 Å². The maximum atomic E-state index is 11.5. The summed E-state index contributed by atoms with van der Waals surface area (Å²) < 4.78 is 42.2. The number of aromatic nitrogens is 4. The molecule has 1 aliphatic heterocycles. The van der Waals surface area contributed by atoms with E-state index in [0.717, 1.165) is 0 Å². The van der Waals surface area contributed by atoms with Crippen LogP contribution < -0.4 is 5.73 Å². The van der Waals surface area contributed by atoms with Crippen LogP contribution in [0.25, 0.3) is 11.2 Å². The van der Waals surface area contributed by atoms with Gasteiger partial charge in [-0.25, -0.2) is 28.4 Å². The second-order valence-electron chi connectivity index (χ2n) is 5.76. The fourth-order valence-corrected chi connectivity index (χ4v) is 6.57. The summed E-state index contributed by atoms with van der Waals surface area (Å²) in [5, 5.41) is 0. The lowest BCUT2D eigenvalue weighted by atomic mass is 10.2. The molecule has 2 aromatic rings. The minimum absolute atomic E-state index is 0.218. The van der Waals surface area contributed by atoms with Crippen LogP contribution in [0.5, 0.6) is 0 Å². The zero-order valence-electron chi connectivity index (χ0n) is 14.3. The third kappa shape index (κ3) is 6.07. The lowest BCUT2D eigenvalue weighted by Gasteiger charge is -2.21. The van der Waals surface area contributed by atoms with Gasteiger partial charge in [-0.3, -0.25) is 4.57 Å². The van der Waals surface area contributed by atoms with Crippen molar-refractivity contribution in [2.24, 2.45) is 0 Å². The summed E-state index contributed by atoms with van der Waals surface area (Å²) in [5.41, 5.74) is 6.62. The molecule has 19 heteroatoms. The van der Waals surface area contributed by atoms with Crippen molar-refractivity contribution < 1.29 is 46.6 Å². The molecule has 3 rings (SSSR count). The van der Waals surface area contributed by atoms with Crippen molar-refractivity contribution in [3.8, 4) is 0 Å². The third-order valence-electron chi connectivity index (χ3n) is 3.62. The van der Waals surface area contributed by atoms with E-state index in [9.17, 15) is 18.9 Å². The molecule has 162 valence electrons. The Labute approximate surface area is 167 Å². The first-order valence-electron chi connectivity index (χ1n) is 7.72. The van der Waals surface area contributed by atoms with E-state index in [1.165, 1.54) is 12.7 Å². The van der Waals surface area contributed by atoms with Gasteiger partial charge in [-0.1, -0.05) is 0 Å². The van der Waals surface area contributed by atoms with E-state index < -0.39 is 34.7 Å². The molecule has 1 fully saturated rings. The summed E-state index contributed by atoms with van der Waals surface area (Å²) in [7, 11) is -10.7. The van der Waals surface area contributed by atoms with Gasteiger partial charge in [0.1, 0.15) is 18.1 Å². The predicted molar refractivity (Wildman–Crippen MR) is 99.4 cm³/mol. The Hall–Kier alpha value is -0.860. The summed E-state index contributed by atoms with van der Waals surface area (Å²) in [6.07, 6.45) is 2.73. The molecule has 0 bridgehead atoms. The first kappa shape index (κ1) is 22.8. The molecular weight excluding hydrogens is 475 g/mol. The molecule has 6 N–H and O–H groups in total. The molecule has 15 nitrogen and oxygen atoms in total. The number of nitrogen functional groups attached to an aromatic ring is 1. The topological polar surface area (TPSA) is 222 Å². The highest BCUT2D eigenvalue weighted by Gasteiger charge is 2.39. The van der Waals surface area contributed by atoms with E-state index >= 15 is 0 Å². The number of imidazole rings is 1. The van der Waals surface area contributed by atoms with E-state index in [2.05, 4.69) is 35.4 Å². The number of nitrogens with zero attached hydrogens (tertiary/aromatic N) is 4. The minimum Gasteiger partial charge on any atom is -0.382 e. The molecule has 0 radical (unpaired) electrons. The first-order chi connectivity index (χ1) is 13.4. The Bertz CT molecular complexity index is 1040. The van der Waals surface area contributed by atoms with Gasteiger partial charge in [0.05, 0.1) is 19.0 Å². The maximum absolute atomic E-state index is 11.5. The van der Waals surface area contributed by atoms with E-state index in [-0.39, 0.29) is 12.4 Å².